The maximum atomic E-state index is 6.29. The standard InChI is InChI=1S/C14H9Cl3N2/c15-8-13-18-10-5-1-2-6-11(10)19(13)12-7-3-4-9(16)14(12)17/h1-7H,8H2. The van der Waals surface area contributed by atoms with Gasteiger partial charge in [-0.3, -0.25) is 4.57 Å². The molecule has 0 fully saturated rings. The van der Waals surface area contributed by atoms with E-state index in [1.807, 2.05) is 41.0 Å². The van der Waals surface area contributed by atoms with Gasteiger partial charge in [-0.25, -0.2) is 4.98 Å². The van der Waals surface area contributed by atoms with Crippen molar-refractivity contribution >= 4 is 45.8 Å². The molecule has 0 saturated carbocycles. The van der Waals surface area contributed by atoms with E-state index in [1.54, 1.807) is 6.07 Å². The van der Waals surface area contributed by atoms with Crippen molar-refractivity contribution in [3.63, 3.8) is 0 Å². The number of hydrogen-bond donors (Lipinski definition) is 0. The van der Waals surface area contributed by atoms with Crippen LogP contribution in [0, 0.1) is 0 Å². The second kappa shape index (κ2) is 5.04. The maximum absolute atomic E-state index is 6.29. The minimum absolute atomic E-state index is 0.303. The number of halogens is 3. The molecule has 96 valence electrons. The fourth-order valence-corrected chi connectivity index (χ4v) is 2.66. The third kappa shape index (κ3) is 2.10. The highest BCUT2D eigenvalue weighted by Gasteiger charge is 2.14. The SMILES string of the molecule is ClCc1nc2ccccc2n1-c1cccc(Cl)c1Cl. The Balaban J connectivity index is 2.38. The van der Waals surface area contributed by atoms with Crippen molar-refractivity contribution in [3.8, 4) is 5.69 Å². The van der Waals surface area contributed by atoms with Gasteiger partial charge in [0.1, 0.15) is 5.82 Å². The summed E-state index contributed by atoms with van der Waals surface area (Å²) in [7, 11) is 0. The summed E-state index contributed by atoms with van der Waals surface area (Å²) in [5, 5.41) is 1.01. The van der Waals surface area contributed by atoms with Crippen molar-refractivity contribution in [3.05, 3.63) is 58.3 Å². The van der Waals surface area contributed by atoms with Crippen LogP contribution in [0.2, 0.25) is 10.0 Å². The van der Waals surface area contributed by atoms with Gasteiger partial charge < -0.3 is 0 Å². The van der Waals surface area contributed by atoms with Crippen LogP contribution in [0.3, 0.4) is 0 Å². The average molecular weight is 312 g/mol. The predicted molar refractivity (Wildman–Crippen MR) is 80.6 cm³/mol. The largest absolute Gasteiger partial charge is 0.294 e. The highest BCUT2D eigenvalue weighted by atomic mass is 35.5. The van der Waals surface area contributed by atoms with Gasteiger partial charge in [0.25, 0.3) is 0 Å². The first kappa shape index (κ1) is 12.8. The summed E-state index contributed by atoms with van der Waals surface area (Å²) < 4.78 is 1.94. The summed E-state index contributed by atoms with van der Waals surface area (Å²) in [6.07, 6.45) is 0. The Labute approximate surface area is 125 Å². The van der Waals surface area contributed by atoms with E-state index >= 15 is 0 Å². The number of aromatic nitrogens is 2. The van der Waals surface area contributed by atoms with E-state index in [2.05, 4.69) is 4.98 Å². The van der Waals surface area contributed by atoms with E-state index in [9.17, 15) is 0 Å². The topological polar surface area (TPSA) is 17.8 Å². The van der Waals surface area contributed by atoms with Crippen molar-refractivity contribution in [2.24, 2.45) is 0 Å². The molecule has 2 nitrogen and oxygen atoms in total. The molecule has 2 aromatic carbocycles. The van der Waals surface area contributed by atoms with Crippen LogP contribution in [0.1, 0.15) is 5.82 Å². The van der Waals surface area contributed by atoms with Crippen molar-refractivity contribution in [2.45, 2.75) is 5.88 Å². The van der Waals surface area contributed by atoms with Crippen LogP contribution in [0.4, 0.5) is 0 Å². The van der Waals surface area contributed by atoms with Crippen LogP contribution < -0.4 is 0 Å². The number of imidazole rings is 1. The molecule has 19 heavy (non-hydrogen) atoms. The third-order valence-corrected chi connectivity index (χ3v) is 3.97. The molecule has 0 unspecified atom stereocenters. The van der Waals surface area contributed by atoms with Crippen molar-refractivity contribution < 1.29 is 0 Å². The lowest BCUT2D eigenvalue weighted by Gasteiger charge is -2.10. The molecule has 1 aromatic heterocycles. The number of para-hydroxylation sites is 2. The lowest BCUT2D eigenvalue weighted by atomic mass is 10.2. The van der Waals surface area contributed by atoms with Gasteiger partial charge in [-0.2, -0.15) is 0 Å². The lowest BCUT2D eigenvalue weighted by molar-refractivity contribution is 0.982. The van der Waals surface area contributed by atoms with Crippen molar-refractivity contribution in [2.75, 3.05) is 0 Å². The van der Waals surface area contributed by atoms with Gasteiger partial charge in [-0.15, -0.1) is 11.6 Å². The van der Waals surface area contributed by atoms with Crippen LogP contribution in [0.15, 0.2) is 42.5 Å². The lowest BCUT2D eigenvalue weighted by Crippen LogP contribution is -2.00. The van der Waals surface area contributed by atoms with Gasteiger partial charge in [0.05, 0.1) is 32.6 Å². The summed E-state index contributed by atoms with van der Waals surface area (Å²) in [5.74, 6) is 1.05. The van der Waals surface area contributed by atoms with Crippen LogP contribution in [0.5, 0.6) is 0 Å². The highest BCUT2D eigenvalue weighted by Crippen LogP contribution is 2.32. The first-order valence-corrected chi connectivity index (χ1v) is 6.98. The minimum atomic E-state index is 0.303. The number of hydrogen-bond acceptors (Lipinski definition) is 1. The highest BCUT2D eigenvalue weighted by molar-refractivity contribution is 6.43. The molecule has 5 heteroatoms. The number of nitrogens with zero attached hydrogens (tertiary/aromatic N) is 2. The zero-order valence-electron chi connectivity index (χ0n) is 9.78. The Hall–Kier alpha value is -1.22. The Morgan fingerprint density at radius 2 is 1.79 bits per heavy atom. The van der Waals surface area contributed by atoms with E-state index < -0.39 is 0 Å². The quantitative estimate of drug-likeness (QED) is 0.604. The second-order valence-corrected chi connectivity index (χ2v) is 5.11. The third-order valence-electron chi connectivity index (χ3n) is 2.92. The molecule has 3 rings (SSSR count). The Bertz CT molecular complexity index is 750. The smallest absolute Gasteiger partial charge is 0.129 e. The molecule has 3 aromatic rings. The molecule has 0 aliphatic rings. The zero-order chi connectivity index (χ0) is 13.4. The van der Waals surface area contributed by atoms with Gasteiger partial charge >= 0.3 is 0 Å². The predicted octanol–water partition coefficient (Wildman–Crippen LogP) is 5.07. The van der Waals surface area contributed by atoms with Crippen molar-refractivity contribution in [1.82, 2.24) is 9.55 Å². The van der Waals surface area contributed by atoms with Gasteiger partial charge in [0, 0.05) is 0 Å². The summed E-state index contributed by atoms with van der Waals surface area (Å²) >= 11 is 18.4. The molecular formula is C14H9Cl3N2. The number of rotatable bonds is 2. The monoisotopic (exact) mass is 310 g/mol. The number of fused-ring (bicyclic) bond motifs is 1. The van der Waals surface area contributed by atoms with E-state index in [1.165, 1.54) is 0 Å². The van der Waals surface area contributed by atoms with Crippen LogP contribution >= 0.6 is 34.8 Å². The molecule has 0 saturated heterocycles. The summed E-state index contributed by atoms with van der Waals surface area (Å²) in [4.78, 5) is 4.51. The van der Waals surface area contributed by atoms with E-state index in [-0.39, 0.29) is 0 Å². The molecule has 0 bridgehead atoms. The maximum Gasteiger partial charge on any atom is 0.129 e. The first-order valence-electron chi connectivity index (χ1n) is 5.69. The molecule has 0 aliphatic heterocycles. The zero-order valence-corrected chi connectivity index (χ0v) is 12.0. The number of benzene rings is 2. The van der Waals surface area contributed by atoms with Crippen LogP contribution in [-0.4, -0.2) is 9.55 Å². The normalized spacial score (nSPS) is 11.1. The molecule has 0 radical (unpaired) electrons. The molecular weight excluding hydrogens is 303 g/mol. The second-order valence-electron chi connectivity index (χ2n) is 4.06. The van der Waals surface area contributed by atoms with Gasteiger partial charge in [0.2, 0.25) is 0 Å². The molecule has 0 spiro atoms. The first-order chi connectivity index (χ1) is 9.22. The van der Waals surface area contributed by atoms with Crippen LogP contribution in [-0.2, 0) is 5.88 Å². The fourth-order valence-electron chi connectivity index (χ4n) is 2.10. The molecule has 0 N–H and O–H groups in total. The minimum Gasteiger partial charge on any atom is -0.294 e. The van der Waals surface area contributed by atoms with E-state index in [0.29, 0.717) is 15.9 Å². The van der Waals surface area contributed by atoms with Crippen LogP contribution in [0.25, 0.3) is 16.7 Å². The molecule has 0 atom stereocenters. The average Bonchev–Trinajstić information content (AvgIpc) is 2.80. The molecule has 1 heterocycles. The van der Waals surface area contributed by atoms with Gasteiger partial charge in [0.15, 0.2) is 0 Å². The Morgan fingerprint density at radius 3 is 2.58 bits per heavy atom. The fraction of sp³-hybridized carbons (Fsp3) is 0.0714. The summed E-state index contributed by atoms with van der Waals surface area (Å²) in [5.41, 5.74) is 2.63. The van der Waals surface area contributed by atoms with Gasteiger partial charge in [-0.05, 0) is 24.3 Å². The number of alkyl halides is 1. The Kier molecular flexibility index (Phi) is 3.40. The van der Waals surface area contributed by atoms with Gasteiger partial charge in [-0.1, -0.05) is 41.4 Å². The summed E-state index contributed by atoms with van der Waals surface area (Å²) in [6, 6.07) is 13.3. The molecule has 0 amide bonds. The summed E-state index contributed by atoms with van der Waals surface area (Å²) in [6.45, 7) is 0. The van der Waals surface area contributed by atoms with E-state index in [0.717, 1.165) is 22.5 Å². The van der Waals surface area contributed by atoms with E-state index in [4.69, 9.17) is 34.8 Å². The Morgan fingerprint density at radius 1 is 1.00 bits per heavy atom. The molecule has 0 aliphatic carbocycles. The van der Waals surface area contributed by atoms with Crippen molar-refractivity contribution in [1.29, 1.82) is 0 Å².